The van der Waals surface area contributed by atoms with Crippen LogP contribution >= 0.6 is 0 Å². The van der Waals surface area contributed by atoms with Crippen LogP contribution in [0.1, 0.15) is 26.5 Å². The second kappa shape index (κ2) is 8.84. The first-order valence-corrected chi connectivity index (χ1v) is 13.1. The molecule has 2 aromatic heterocycles. The molecular weight excluding hydrogens is 480 g/mol. The van der Waals surface area contributed by atoms with E-state index in [4.69, 9.17) is 19.5 Å². The van der Waals surface area contributed by atoms with Gasteiger partial charge < -0.3 is 4.52 Å². The summed E-state index contributed by atoms with van der Waals surface area (Å²) in [6.45, 7) is 6.50. The lowest BCUT2D eigenvalue weighted by Gasteiger charge is -2.16. The quantitative estimate of drug-likeness (QED) is 0.224. The monoisotopic (exact) mass is 506 g/mol. The summed E-state index contributed by atoms with van der Waals surface area (Å²) in [4.78, 5) is 14.7. The maximum absolute atomic E-state index is 5.79. The van der Waals surface area contributed by atoms with Crippen molar-refractivity contribution in [2.24, 2.45) is 0 Å². The number of nitrogens with zero attached hydrogens (tertiary/aromatic N) is 4. The van der Waals surface area contributed by atoms with Gasteiger partial charge in [0.15, 0.2) is 23.1 Å². The van der Waals surface area contributed by atoms with Gasteiger partial charge in [-0.3, -0.25) is 0 Å². The van der Waals surface area contributed by atoms with Crippen LogP contribution in [0, 0.1) is 0 Å². The highest BCUT2D eigenvalue weighted by atomic mass is 16.5. The molecule has 0 aliphatic heterocycles. The lowest BCUT2D eigenvalue weighted by Crippen LogP contribution is -2.11. The van der Waals surface area contributed by atoms with E-state index < -0.39 is 0 Å². The van der Waals surface area contributed by atoms with E-state index in [2.05, 4.69) is 62.3 Å². The fourth-order valence-electron chi connectivity index (χ4n) is 5.17. The van der Waals surface area contributed by atoms with E-state index in [1.165, 1.54) is 0 Å². The highest BCUT2D eigenvalue weighted by molar-refractivity contribution is 6.20. The van der Waals surface area contributed by atoms with Crippen molar-refractivity contribution in [2.75, 3.05) is 0 Å². The third-order valence-electron chi connectivity index (χ3n) is 7.10. The van der Waals surface area contributed by atoms with E-state index in [0.717, 1.165) is 54.9 Å². The zero-order chi connectivity index (χ0) is 26.6. The molecule has 0 amide bonds. The van der Waals surface area contributed by atoms with Gasteiger partial charge in [0.1, 0.15) is 0 Å². The molecule has 0 spiro atoms. The molecule has 0 atom stereocenters. The predicted octanol–water partition coefficient (Wildman–Crippen LogP) is 8.62. The van der Waals surface area contributed by atoms with E-state index in [0.29, 0.717) is 17.5 Å². The molecule has 0 aliphatic rings. The SMILES string of the molecule is CC(C)(C)c1noc2ccc3ccc4ccc(-c5nc(-c6ccccc6)nc(-c6ccccc6)n5)cc4c3c12. The zero-order valence-corrected chi connectivity index (χ0v) is 22.0. The van der Waals surface area contributed by atoms with Crippen molar-refractivity contribution in [3.63, 3.8) is 0 Å². The Hall–Kier alpha value is -4.90. The van der Waals surface area contributed by atoms with Gasteiger partial charge >= 0.3 is 0 Å². The van der Waals surface area contributed by atoms with E-state index in [1.54, 1.807) is 0 Å². The van der Waals surface area contributed by atoms with Crippen LogP contribution in [0.4, 0.5) is 0 Å². The molecule has 5 aromatic carbocycles. The fourth-order valence-corrected chi connectivity index (χ4v) is 5.17. The molecule has 188 valence electrons. The Balaban J connectivity index is 1.51. The van der Waals surface area contributed by atoms with Crippen LogP contribution in [-0.4, -0.2) is 20.1 Å². The first kappa shape index (κ1) is 23.2. The fraction of sp³-hybridized carbons (Fsp3) is 0.118. The van der Waals surface area contributed by atoms with E-state index in [-0.39, 0.29) is 5.41 Å². The number of aromatic nitrogens is 4. The standard InChI is InChI=1S/C34H26N4O/c1-34(2,3)30-29-27(39-38-30)19-18-22-16-14-21-15-17-25(20-26(21)28(22)29)33-36-31(23-10-6-4-7-11-23)35-32(37-33)24-12-8-5-9-13-24/h4-20H,1-3H3. The van der Waals surface area contributed by atoms with Gasteiger partial charge in [-0.25, -0.2) is 15.0 Å². The minimum Gasteiger partial charge on any atom is -0.356 e. The molecule has 0 aliphatic carbocycles. The molecular formula is C34H26N4O. The Morgan fingerprint density at radius 3 is 1.69 bits per heavy atom. The summed E-state index contributed by atoms with van der Waals surface area (Å²) in [5.74, 6) is 1.93. The maximum atomic E-state index is 5.79. The van der Waals surface area contributed by atoms with Crippen molar-refractivity contribution < 1.29 is 4.52 Å². The molecule has 0 fully saturated rings. The van der Waals surface area contributed by atoms with E-state index >= 15 is 0 Å². The molecule has 39 heavy (non-hydrogen) atoms. The Kier molecular flexibility index (Phi) is 5.27. The minimum atomic E-state index is -0.164. The second-order valence-corrected chi connectivity index (χ2v) is 10.9. The lowest BCUT2D eigenvalue weighted by molar-refractivity contribution is 0.419. The number of benzene rings is 5. The summed E-state index contributed by atoms with van der Waals surface area (Å²) in [5.41, 5.74) is 4.42. The van der Waals surface area contributed by atoms with Crippen LogP contribution in [0.2, 0.25) is 0 Å². The molecule has 2 heterocycles. The van der Waals surface area contributed by atoms with Crippen LogP contribution in [-0.2, 0) is 5.41 Å². The molecule has 5 nitrogen and oxygen atoms in total. The number of hydrogen-bond acceptors (Lipinski definition) is 5. The Morgan fingerprint density at radius 2 is 1.08 bits per heavy atom. The number of rotatable bonds is 3. The summed E-state index contributed by atoms with van der Waals surface area (Å²) < 4.78 is 5.79. The van der Waals surface area contributed by atoms with Crippen molar-refractivity contribution >= 4 is 32.5 Å². The Bertz CT molecular complexity index is 1930. The first-order chi connectivity index (χ1) is 19.0. The average Bonchev–Trinajstić information content (AvgIpc) is 3.43. The average molecular weight is 507 g/mol. The normalized spacial score (nSPS) is 12.0. The highest BCUT2D eigenvalue weighted by Gasteiger charge is 2.24. The summed E-state index contributed by atoms with van der Waals surface area (Å²) >= 11 is 0. The van der Waals surface area contributed by atoms with Crippen molar-refractivity contribution in [3.8, 4) is 34.2 Å². The summed E-state index contributed by atoms with van der Waals surface area (Å²) in [5, 5.41) is 10.1. The van der Waals surface area contributed by atoms with E-state index in [9.17, 15) is 0 Å². The van der Waals surface area contributed by atoms with Gasteiger partial charge in [0.05, 0.1) is 11.1 Å². The summed E-state index contributed by atoms with van der Waals surface area (Å²) in [6, 6.07) is 35.0. The van der Waals surface area contributed by atoms with Crippen LogP contribution in [0.3, 0.4) is 0 Å². The molecule has 5 heteroatoms. The Morgan fingerprint density at radius 1 is 0.538 bits per heavy atom. The first-order valence-electron chi connectivity index (χ1n) is 13.1. The van der Waals surface area contributed by atoms with Gasteiger partial charge in [-0.15, -0.1) is 0 Å². The third-order valence-corrected chi connectivity index (χ3v) is 7.10. The largest absolute Gasteiger partial charge is 0.356 e. The molecule has 0 N–H and O–H groups in total. The maximum Gasteiger partial charge on any atom is 0.167 e. The van der Waals surface area contributed by atoms with Crippen molar-refractivity contribution in [1.82, 2.24) is 20.1 Å². The van der Waals surface area contributed by atoms with Gasteiger partial charge in [-0.2, -0.15) is 0 Å². The van der Waals surface area contributed by atoms with Crippen LogP contribution in [0.5, 0.6) is 0 Å². The van der Waals surface area contributed by atoms with Crippen LogP contribution < -0.4 is 0 Å². The smallest absolute Gasteiger partial charge is 0.167 e. The topological polar surface area (TPSA) is 64.7 Å². The summed E-state index contributed by atoms with van der Waals surface area (Å²) in [7, 11) is 0. The molecule has 0 saturated heterocycles. The molecule has 0 radical (unpaired) electrons. The molecule has 0 unspecified atom stereocenters. The van der Waals surface area contributed by atoms with E-state index in [1.807, 2.05) is 66.7 Å². The Labute approximate surface area is 226 Å². The van der Waals surface area contributed by atoms with Crippen molar-refractivity contribution in [1.29, 1.82) is 0 Å². The van der Waals surface area contributed by atoms with Crippen molar-refractivity contribution in [3.05, 3.63) is 109 Å². The number of hydrogen-bond donors (Lipinski definition) is 0. The molecule has 0 saturated carbocycles. The van der Waals surface area contributed by atoms with Gasteiger partial charge in [-0.05, 0) is 28.3 Å². The second-order valence-electron chi connectivity index (χ2n) is 10.9. The van der Waals surface area contributed by atoms with Gasteiger partial charge in [0, 0.05) is 27.5 Å². The molecule has 7 aromatic rings. The highest BCUT2D eigenvalue weighted by Crippen LogP contribution is 2.39. The van der Waals surface area contributed by atoms with Gasteiger partial charge in [0.2, 0.25) is 0 Å². The molecule has 0 bridgehead atoms. The zero-order valence-electron chi connectivity index (χ0n) is 22.0. The predicted molar refractivity (Wildman–Crippen MR) is 157 cm³/mol. The van der Waals surface area contributed by atoms with Gasteiger partial charge in [-0.1, -0.05) is 117 Å². The summed E-state index contributed by atoms with van der Waals surface area (Å²) in [6.07, 6.45) is 0. The van der Waals surface area contributed by atoms with Crippen LogP contribution in [0.15, 0.2) is 108 Å². The van der Waals surface area contributed by atoms with Gasteiger partial charge in [0.25, 0.3) is 0 Å². The number of fused-ring (bicyclic) bond motifs is 5. The minimum absolute atomic E-state index is 0.164. The van der Waals surface area contributed by atoms with Crippen molar-refractivity contribution in [2.45, 2.75) is 26.2 Å². The third kappa shape index (κ3) is 4.03. The molecule has 7 rings (SSSR count). The lowest BCUT2D eigenvalue weighted by atomic mass is 9.87. The van der Waals surface area contributed by atoms with Crippen LogP contribution in [0.25, 0.3) is 66.7 Å².